The largest absolute Gasteiger partial charge is 0.465 e. The maximum absolute atomic E-state index is 14.8. The Balaban J connectivity index is 1.69. The van der Waals surface area contributed by atoms with Crippen LogP contribution in [0, 0.1) is 15.3 Å². The number of carboxylic acid groups (broad SMARTS) is 1. The lowest BCUT2D eigenvalue weighted by atomic mass is 9.78. The van der Waals surface area contributed by atoms with Gasteiger partial charge in [-0.3, -0.25) is 9.78 Å². The Labute approximate surface area is 175 Å². The molecule has 10 heteroatoms. The van der Waals surface area contributed by atoms with Crippen molar-refractivity contribution in [2.75, 3.05) is 23.3 Å². The average Bonchev–Trinajstić information content (AvgIpc) is 3.19. The number of halogens is 3. The average molecular weight is 547 g/mol. The van der Waals surface area contributed by atoms with Crippen LogP contribution in [0.2, 0.25) is 0 Å². The van der Waals surface area contributed by atoms with Crippen LogP contribution in [0.1, 0.15) is 6.42 Å². The molecule has 0 spiro atoms. The van der Waals surface area contributed by atoms with Gasteiger partial charge in [-0.25, -0.2) is 9.18 Å². The first-order valence-electron chi connectivity index (χ1n) is 8.39. The van der Waals surface area contributed by atoms with E-state index in [9.17, 15) is 19.1 Å². The number of hydrogen-bond donors (Lipinski definition) is 2. The summed E-state index contributed by atoms with van der Waals surface area (Å²) in [5, 5.41) is 12.8. The molecule has 7 nitrogen and oxygen atoms in total. The summed E-state index contributed by atoms with van der Waals surface area (Å²) in [6.45, 7) is 0.587. The van der Waals surface area contributed by atoms with E-state index in [1.54, 1.807) is 0 Å². The molecule has 6 rings (SSSR count). The van der Waals surface area contributed by atoms with Crippen molar-refractivity contribution in [3.8, 4) is 0 Å². The molecule has 1 aliphatic carbocycles. The van der Waals surface area contributed by atoms with E-state index in [1.165, 1.54) is 11.1 Å². The summed E-state index contributed by atoms with van der Waals surface area (Å²) in [4.78, 5) is 31.3. The van der Waals surface area contributed by atoms with Gasteiger partial charge in [-0.2, -0.15) is 0 Å². The van der Waals surface area contributed by atoms with E-state index in [4.69, 9.17) is 0 Å². The van der Waals surface area contributed by atoms with Crippen molar-refractivity contribution in [2.24, 2.45) is 5.92 Å². The monoisotopic (exact) mass is 546 g/mol. The molecule has 3 atom stereocenters. The SMILES string of the molecule is O=C1CN(C2C3CC2N(C(=O)O)C3)c2c(cnc3c(F)c(Br)c(I)cc23)N1. The van der Waals surface area contributed by atoms with Crippen LogP contribution in [0.15, 0.2) is 16.7 Å². The number of hydrogen-bond acceptors (Lipinski definition) is 4. The van der Waals surface area contributed by atoms with E-state index in [2.05, 4.69) is 48.8 Å². The zero-order valence-electron chi connectivity index (χ0n) is 13.7. The number of amides is 2. The standard InChI is InChI=1S/C17H13BrFIN4O3/c18-12-8(20)2-7-14(13(12)19)21-3-9-16(7)24(5-11(25)22-9)15-6-1-10(15)23(4-6)17(26)27/h2-3,6,10,15H,1,4-5H2,(H,22,25)(H,26,27). The predicted molar refractivity (Wildman–Crippen MR) is 109 cm³/mol. The fraction of sp³-hybridized carbons (Fsp3) is 0.353. The summed E-state index contributed by atoms with van der Waals surface area (Å²) < 4.78 is 15.8. The minimum Gasteiger partial charge on any atom is -0.465 e. The molecule has 3 aliphatic heterocycles. The number of rotatable bonds is 1. The van der Waals surface area contributed by atoms with E-state index < -0.39 is 11.9 Å². The summed E-state index contributed by atoms with van der Waals surface area (Å²) in [5.41, 5.74) is 1.48. The van der Waals surface area contributed by atoms with Gasteiger partial charge in [-0.15, -0.1) is 0 Å². The van der Waals surface area contributed by atoms with Gasteiger partial charge in [-0.1, -0.05) is 0 Å². The zero-order chi connectivity index (χ0) is 19.0. The van der Waals surface area contributed by atoms with Crippen molar-refractivity contribution in [3.63, 3.8) is 0 Å². The predicted octanol–water partition coefficient (Wildman–Crippen LogP) is 3.25. The summed E-state index contributed by atoms with van der Waals surface area (Å²) in [5.74, 6) is -0.447. The van der Waals surface area contributed by atoms with Crippen molar-refractivity contribution in [1.29, 1.82) is 0 Å². The summed E-state index contributed by atoms with van der Waals surface area (Å²) >= 11 is 5.30. The first kappa shape index (κ1) is 17.4. The Morgan fingerprint density at radius 2 is 2.26 bits per heavy atom. The third kappa shape index (κ3) is 2.38. The molecule has 4 aliphatic rings. The number of pyridine rings is 1. The second-order valence-electron chi connectivity index (χ2n) is 7.07. The Kier molecular flexibility index (Phi) is 3.81. The van der Waals surface area contributed by atoms with Crippen LogP contribution in [0.3, 0.4) is 0 Å². The van der Waals surface area contributed by atoms with Gasteiger partial charge in [-0.05, 0) is 51.0 Å². The molecule has 3 fully saturated rings. The minimum absolute atomic E-state index is 0.0825. The van der Waals surface area contributed by atoms with Gasteiger partial charge in [0.05, 0.1) is 40.7 Å². The smallest absolute Gasteiger partial charge is 0.407 e. The van der Waals surface area contributed by atoms with Gasteiger partial charge in [0.2, 0.25) is 5.91 Å². The number of nitrogens with one attached hydrogen (secondary N) is 1. The molecule has 0 radical (unpaired) electrons. The van der Waals surface area contributed by atoms with Crippen LogP contribution in [-0.4, -0.2) is 52.2 Å². The first-order chi connectivity index (χ1) is 12.9. The Morgan fingerprint density at radius 1 is 1.48 bits per heavy atom. The van der Waals surface area contributed by atoms with Crippen molar-refractivity contribution in [3.05, 3.63) is 26.1 Å². The number of fused-ring (bicyclic) bond motifs is 4. The Bertz CT molecular complexity index is 1040. The fourth-order valence-electron chi connectivity index (χ4n) is 4.58. The molecule has 2 amide bonds. The van der Waals surface area contributed by atoms with Crippen LogP contribution in [-0.2, 0) is 4.79 Å². The number of anilines is 2. The highest BCUT2D eigenvalue weighted by atomic mass is 127. The van der Waals surface area contributed by atoms with Crippen LogP contribution in [0.25, 0.3) is 10.9 Å². The fourth-order valence-corrected chi connectivity index (χ4v) is 5.43. The van der Waals surface area contributed by atoms with Crippen LogP contribution >= 0.6 is 38.5 Å². The van der Waals surface area contributed by atoms with E-state index in [0.29, 0.717) is 25.7 Å². The lowest BCUT2D eigenvalue weighted by Crippen LogP contribution is -2.58. The van der Waals surface area contributed by atoms with Gasteiger partial charge in [0.15, 0.2) is 5.82 Å². The maximum atomic E-state index is 14.8. The number of nitrogens with zero attached hydrogens (tertiary/aromatic N) is 3. The molecule has 1 aromatic heterocycles. The topological polar surface area (TPSA) is 85.8 Å². The van der Waals surface area contributed by atoms with Crippen LogP contribution in [0.4, 0.5) is 20.6 Å². The molecule has 2 saturated heterocycles. The quantitative estimate of drug-likeness (QED) is 0.424. The van der Waals surface area contributed by atoms with Gasteiger partial charge in [0, 0.05) is 21.4 Å². The normalized spacial score (nSPS) is 26.0. The number of aromatic nitrogens is 1. The number of carbonyl (C=O) groups is 2. The highest BCUT2D eigenvalue weighted by Crippen LogP contribution is 2.49. The summed E-state index contributed by atoms with van der Waals surface area (Å²) in [6, 6.07) is 1.62. The molecule has 3 unspecified atom stereocenters. The molecule has 4 heterocycles. The molecule has 1 saturated carbocycles. The third-order valence-corrected chi connectivity index (χ3v) is 8.07. The van der Waals surface area contributed by atoms with Gasteiger partial charge in [0.1, 0.15) is 5.52 Å². The van der Waals surface area contributed by atoms with Crippen molar-refractivity contribution < 1.29 is 19.1 Å². The van der Waals surface area contributed by atoms with Gasteiger partial charge < -0.3 is 20.2 Å². The summed E-state index contributed by atoms with van der Waals surface area (Å²) in [6.07, 6.45) is 1.33. The van der Waals surface area contributed by atoms with E-state index >= 15 is 0 Å². The first-order valence-corrected chi connectivity index (χ1v) is 10.3. The van der Waals surface area contributed by atoms with Crippen molar-refractivity contribution in [1.82, 2.24) is 9.88 Å². The van der Waals surface area contributed by atoms with Crippen LogP contribution < -0.4 is 10.2 Å². The molecule has 140 valence electrons. The highest BCUT2D eigenvalue weighted by molar-refractivity contribution is 14.1. The van der Waals surface area contributed by atoms with Gasteiger partial charge in [0.25, 0.3) is 0 Å². The summed E-state index contributed by atoms with van der Waals surface area (Å²) in [7, 11) is 0. The maximum Gasteiger partial charge on any atom is 0.407 e. The van der Waals surface area contributed by atoms with Crippen LogP contribution in [0.5, 0.6) is 0 Å². The van der Waals surface area contributed by atoms with Crippen molar-refractivity contribution >= 4 is 72.8 Å². The van der Waals surface area contributed by atoms with E-state index in [0.717, 1.165) is 12.1 Å². The number of carbonyl (C=O) groups excluding carboxylic acids is 1. The second kappa shape index (κ2) is 5.90. The Hall–Kier alpha value is -1.69. The molecule has 1 aromatic carbocycles. The molecular formula is C17H13BrFIN4O3. The lowest BCUT2D eigenvalue weighted by molar-refractivity contribution is -0.115. The third-order valence-electron chi connectivity index (χ3n) is 5.70. The number of benzene rings is 1. The van der Waals surface area contributed by atoms with E-state index in [-0.39, 0.29) is 36.0 Å². The minimum atomic E-state index is -0.934. The Morgan fingerprint density at radius 3 is 2.96 bits per heavy atom. The molecule has 2 aromatic rings. The zero-order valence-corrected chi connectivity index (χ0v) is 17.5. The molecule has 27 heavy (non-hydrogen) atoms. The second-order valence-corrected chi connectivity index (χ2v) is 9.02. The molecular weight excluding hydrogens is 534 g/mol. The highest BCUT2D eigenvalue weighted by Gasteiger charge is 2.57. The van der Waals surface area contributed by atoms with Gasteiger partial charge >= 0.3 is 6.09 Å². The van der Waals surface area contributed by atoms with E-state index in [1.807, 2.05) is 11.0 Å². The molecule has 2 bridgehead atoms. The molecule has 2 N–H and O–H groups in total. The van der Waals surface area contributed by atoms with Crippen molar-refractivity contribution in [2.45, 2.75) is 18.5 Å². The lowest BCUT2D eigenvalue weighted by Gasteiger charge is -2.47.